The van der Waals surface area contributed by atoms with E-state index in [1.165, 1.54) is 16.2 Å². The van der Waals surface area contributed by atoms with Gasteiger partial charge in [-0.15, -0.1) is 11.3 Å². The number of thiophene rings is 1. The van der Waals surface area contributed by atoms with E-state index in [1.807, 2.05) is 60.0 Å². The van der Waals surface area contributed by atoms with Crippen LogP contribution in [0.3, 0.4) is 0 Å². The van der Waals surface area contributed by atoms with E-state index in [0.29, 0.717) is 10.6 Å². The van der Waals surface area contributed by atoms with Gasteiger partial charge in [0.25, 0.3) is 0 Å². The van der Waals surface area contributed by atoms with Crippen molar-refractivity contribution < 1.29 is 19.5 Å². The highest BCUT2D eigenvalue weighted by atomic mass is 35.5. The fourth-order valence-electron chi connectivity index (χ4n) is 6.01. The SMILES string of the molecule is O=C(c1cccc(Cl)c1)C1C(c2cccs2)C(C(=O)O)N(C(=O)C2CCCCC2)C1C=Cc1ccccc1. The summed E-state index contributed by atoms with van der Waals surface area (Å²) in [6, 6.07) is 18.3. The summed E-state index contributed by atoms with van der Waals surface area (Å²) in [5.41, 5.74) is 1.33. The molecule has 5 nitrogen and oxygen atoms in total. The number of nitrogens with zero attached hydrogens (tertiary/aromatic N) is 1. The molecule has 1 amide bonds. The third kappa shape index (κ3) is 5.33. The van der Waals surface area contributed by atoms with Crippen LogP contribution in [0.5, 0.6) is 0 Å². The zero-order chi connectivity index (χ0) is 26.6. The van der Waals surface area contributed by atoms with Gasteiger partial charge in [-0.3, -0.25) is 9.59 Å². The van der Waals surface area contributed by atoms with Gasteiger partial charge in [0, 0.05) is 27.3 Å². The smallest absolute Gasteiger partial charge is 0.327 e. The molecule has 1 saturated heterocycles. The Bertz CT molecular complexity index is 1320. The number of likely N-dealkylation sites (tertiary alicyclic amines) is 1. The molecule has 1 aliphatic carbocycles. The van der Waals surface area contributed by atoms with E-state index in [0.717, 1.165) is 42.5 Å². The fourth-order valence-corrected chi connectivity index (χ4v) is 7.10. The zero-order valence-electron chi connectivity index (χ0n) is 20.9. The topological polar surface area (TPSA) is 74.7 Å². The molecular weight excluding hydrogens is 518 g/mol. The van der Waals surface area contributed by atoms with Gasteiger partial charge < -0.3 is 10.0 Å². The second-order valence-corrected chi connectivity index (χ2v) is 11.5. The van der Waals surface area contributed by atoms with Gasteiger partial charge >= 0.3 is 5.97 Å². The number of carboxylic acids is 1. The molecule has 1 N–H and O–H groups in total. The summed E-state index contributed by atoms with van der Waals surface area (Å²) < 4.78 is 0. The third-order valence-corrected chi connectivity index (χ3v) is 8.96. The van der Waals surface area contributed by atoms with Crippen LogP contribution in [0, 0.1) is 11.8 Å². The number of rotatable bonds is 7. The van der Waals surface area contributed by atoms with E-state index in [-0.39, 0.29) is 17.6 Å². The van der Waals surface area contributed by atoms with Crippen molar-refractivity contribution in [1.82, 2.24) is 4.90 Å². The molecule has 5 rings (SSSR count). The monoisotopic (exact) mass is 547 g/mol. The zero-order valence-corrected chi connectivity index (χ0v) is 22.5. The summed E-state index contributed by atoms with van der Waals surface area (Å²) in [7, 11) is 0. The molecule has 1 aliphatic heterocycles. The van der Waals surface area contributed by atoms with Crippen LogP contribution in [0.2, 0.25) is 5.02 Å². The number of hydrogen-bond acceptors (Lipinski definition) is 4. The highest BCUT2D eigenvalue weighted by Gasteiger charge is 2.57. The molecule has 38 heavy (non-hydrogen) atoms. The molecule has 1 aromatic heterocycles. The lowest BCUT2D eigenvalue weighted by atomic mass is 9.80. The normalized spacial score (nSPS) is 24.1. The van der Waals surface area contributed by atoms with Crippen molar-refractivity contribution in [2.45, 2.75) is 50.1 Å². The van der Waals surface area contributed by atoms with Gasteiger partial charge in [-0.2, -0.15) is 0 Å². The number of Topliss-reactive ketones (excluding diaryl/α,β-unsaturated/α-hetero) is 1. The Morgan fingerprint density at radius 2 is 1.71 bits per heavy atom. The Morgan fingerprint density at radius 1 is 0.947 bits per heavy atom. The van der Waals surface area contributed by atoms with Crippen LogP contribution in [0.1, 0.15) is 58.8 Å². The Kier molecular flexibility index (Phi) is 8.10. The van der Waals surface area contributed by atoms with Crippen LogP contribution >= 0.6 is 22.9 Å². The first-order valence-electron chi connectivity index (χ1n) is 13.1. The number of ketones is 1. The molecule has 0 spiro atoms. The molecule has 7 heteroatoms. The second-order valence-electron chi connectivity index (χ2n) is 10.1. The van der Waals surface area contributed by atoms with Crippen LogP contribution in [-0.4, -0.2) is 39.7 Å². The molecule has 2 aliphatic rings. The summed E-state index contributed by atoms with van der Waals surface area (Å²) in [6.45, 7) is 0. The molecule has 3 aromatic rings. The molecule has 4 unspecified atom stereocenters. The Labute approximate surface area is 231 Å². The van der Waals surface area contributed by atoms with Gasteiger partial charge in [-0.25, -0.2) is 4.79 Å². The Hall–Kier alpha value is -3.22. The van der Waals surface area contributed by atoms with Crippen molar-refractivity contribution in [3.05, 3.63) is 99.2 Å². The molecule has 0 bridgehead atoms. The highest BCUT2D eigenvalue weighted by Crippen LogP contribution is 2.47. The van der Waals surface area contributed by atoms with Crippen molar-refractivity contribution in [2.75, 3.05) is 0 Å². The molecule has 2 aromatic carbocycles. The van der Waals surface area contributed by atoms with Crippen LogP contribution in [0.4, 0.5) is 0 Å². The molecule has 4 atom stereocenters. The predicted molar refractivity (Wildman–Crippen MR) is 150 cm³/mol. The molecule has 196 valence electrons. The Balaban J connectivity index is 1.66. The summed E-state index contributed by atoms with van der Waals surface area (Å²) >= 11 is 7.67. The van der Waals surface area contributed by atoms with Gasteiger partial charge in [0.05, 0.1) is 12.0 Å². The van der Waals surface area contributed by atoms with E-state index in [1.54, 1.807) is 24.3 Å². The number of aliphatic carboxylic acids is 1. The lowest BCUT2D eigenvalue weighted by molar-refractivity contribution is -0.151. The molecule has 2 heterocycles. The van der Waals surface area contributed by atoms with Gasteiger partial charge in [-0.1, -0.05) is 91.5 Å². The standard InChI is InChI=1S/C31H30ClNO4S/c32-23-14-7-13-22(19-23)29(34)26-24(17-16-20-9-3-1-4-10-20)33(30(35)21-11-5-2-6-12-21)28(31(36)37)27(26)25-15-8-18-38-25/h1,3-4,7-10,13-19,21,24,26-28H,2,5-6,11-12H2,(H,36,37). The minimum absolute atomic E-state index is 0.164. The maximum Gasteiger partial charge on any atom is 0.327 e. The number of carboxylic acid groups (broad SMARTS) is 1. The molecule has 0 radical (unpaired) electrons. The minimum Gasteiger partial charge on any atom is -0.480 e. The number of carbonyl (C=O) groups excluding carboxylic acids is 2. The number of hydrogen-bond donors (Lipinski definition) is 1. The average molecular weight is 548 g/mol. The fraction of sp³-hybridized carbons (Fsp3) is 0.323. The van der Waals surface area contributed by atoms with Crippen LogP contribution in [-0.2, 0) is 9.59 Å². The van der Waals surface area contributed by atoms with Crippen LogP contribution < -0.4 is 0 Å². The Morgan fingerprint density at radius 3 is 2.37 bits per heavy atom. The quantitative estimate of drug-likeness (QED) is 0.325. The van der Waals surface area contributed by atoms with E-state index in [9.17, 15) is 19.5 Å². The van der Waals surface area contributed by atoms with E-state index in [2.05, 4.69) is 0 Å². The van der Waals surface area contributed by atoms with Gasteiger partial charge in [0.1, 0.15) is 6.04 Å². The average Bonchev–Trinajstić information content (AvgIpc) is 3.58. The maximum absolute atomic E-state index is 14.2. The third-order valence-electron chi connectivity index (χ3n) is 7.75. The first-order valence-corrected chi connectivity index (χ1v) is 14.3. The summed E-state index contributed by atoms with van der Waals surface area (Å²) in [4.78, 5) is 43.6. The van der Waals surface area contributed by atoms with Crippen molar-refractivity contribution in [2.24, 2.45) is 11.8 Å². The first kappa shape index (κ1) is 26.4. The summed E-state index contributed by atoms with van der Waals surface area (Å²) in [5, 5.41) is 12.9. The first-order chi connectivity index (χ1) is 18.5. The van der Waals surface area contributed by atoms with Gasteiger partial charge in [-0.05, 0) is 42.0 Å². The summed E-state index contributed by atoms with van der Waals surface area (Å²) in [6.07, 6.45) is 8.21. The van der Waals surface area contributed by atoms with Gasteiger partial charge in [0.2, 0.25) is 5.91 Å². The maximum atomic E-state index is 14.2. The molecule has 1 saturated carbocycles. The van der Waals surface area contributed by atoms with Crippen molar-refractivity contribution >= 4 is 46.7 Å². The summed E-state index contributed by atoms with van der Waals surface area (Å²) in [5.74, 6) is -3.16. The van der Waals surface area contributed by atoms with Crippen molar-refractivity contribution in [3.8, 4) is 0 Å². The van der Waals surface area contributed by atoms with Crippen LogP contribution in [0.15, 0.2) is 78.2 Å². The van der Waals surface area contributed by atoms with Crippen molar-refractivity contribution in [1.29, 1.82) is 0 Å². The minimum atomic E-state index is -1.15. The van der Waals surface area contributed by atoms with Crippen molar-refractivity contribution in [3.63, 3.8) is 0 Å². The number of halogens is 1. The molecule has 2 fully saturated rings. The van der Waals surface area contributed by atoms with E-state index in [4.69, 9.17) is 11.6 Å². The van der Waals surface area contributed by atoms with E-state index >= 15 is 0 Å². The van der Waals surface area contributed by atoms with E-state index < -0.39 is 29.9 Å². The molecular formula is C31H30ClNO4S. The number of carbonyl (C=O) groups is 3. The number of amides is 1. The highest BCUT2D eigenvalue weighted by molar-refractivity contribution is 7.10. The lowest BCUT2D eigenvalue weighted by Crippen LogP contribution is -2.49. The number of benzene rings is 2. The lowest BCUT2D eigenvalue weighted by Gasteiger charge is -2.33. The predicted octanol–water partition coefficient (Wildman–Crippen LogP) is 6.94. The largest absolute Gasteiger partial charge is 0.480 e. The van der Waals surface area contributed by atoms with Gasteiger partial charge in [0.15, 0.2) is 5.78 Å². The second kappa shape index (κ2) is 11.7. The van der Waals surface area contributed by atoms with Crippen LogP contribution in [0.25, 0.3) is 6.08 Å².